The zero-order chi connectivity index (χ0) is 20.0. The zero-order valence-electron chi connectivity index (χ0n) is 16.6. The van der Waals surface area contributed by atoms with Crippen molar-refractivity contribution in [1.82, 2.24) is 14.9 Å². The van der Waals surface area contributed by atoms with Crippen LogP contribution in [-0.2, 0) is 10.0 Å². The van der Waals surface area contributed by atoms with Gasteiger partial charge in [0, 0.05) is 26.2 Å². The fraction of sp³-hybridized carbons (Fsp3) is 0.632. The van der Waals surface area contributed by atoms with E-state index in [2.05, 4.69) is 15.6 Å². The van der Waals surface area contributed by atoms with E-state index in [-0.39, 0.29) is 11.9 Å². The number of hydrogen-bond acceptors (Lipinski definition) is 3. The number of guanidine groups is 1. The number of piperidine rings is 1. The lowest BCUT2D eigenvalue weighted by atomic mass is 9.98. The summed E-state index contributed by atoms with van der Waals surface area (Å²) in [5, 5.41) is 6.54. The molecule has 1 saturated heterocycles. The first-order chi connectivity index (χ1) is 12.7. The highest BCUT2D eigenvalue weighted by molar-refractivity contribution is 7.88. The number of halogens is 1. The number of nitrogens with zero attached hydrogens (tertiary/aromatic N) is 2. The highest BCUT2D eigenvalue weighted by Crippen LogP contribution is 2.20. The van der Waals surface area contributed by atoms with Gasteiger partial charge in [-0.2, -0.15) is 0 Å². The Balaban J connectivity index is 1.95. The van der Waals surface area contributed by atoms with Crippen LogP contribution in [0.2, 0.25) is 0 Å². The minimum atomic E-state index is -3.10. The second-order valence-corrected chi connectivity index (χ2v) is 9.18. The molecule has 2 rings (SSSR count). The lowest BCUT2D eigenvalue weighted by molar-refractivity contribution is 0.280. The smallest absolute Gasteiger partial charge is 0.211 e. The van der Waals surface area contributed by atoms with Gasteiger partial charge in [0.15, 0.2) is 5.96 Å². The number of aliphatic imine (C=N–C) groups is 1. The van der Waals surface area contributed by atoms with Crippen LogP contribution in [0.25, 0.3) is 0 Å². The number of nitrogens with one attached hydrogen (secondary N) is 2. The first-order valence-corrected chi connectivity index (χ1v) is 11.3. The van der Waals surface area contributed by atoms with Gasteiger partial charge in [-0.25, -0.2) is 17.1 Å². The summed E-state index contributed by atoms with van der Waals surface area (Å²) >= 11 is 0. The molecule has 152 valence electrons. The SMILES string of the molecule is CCNC(=NCC1CCN(S(C)(=O)=O)CC1)NC(C)c1ccc(C)c(F)c1. The van der Waals surface area contributed by atoms with Crippen LogP contribution >= 0.6 is 0 Å². The number of rotatable bonds is 6. The predicted molar refractivity (Wildman–Crippen MR) is 108 cm³/mol. The standard InChI is InChI=1S/C19H31FN4O2S/c1-5-21-19(23-15(3)17-7-6-14(2)18(20)12-17)22-13-16-8-10-24(11-9-16)27(4,25)26/h6-7,12,15-16H,5,8-11,13H2,1-4H3,(H2,21,22,23). The highest BCUT2D eigenvalue weighted by Gasteiger charge is 2.24. The summed E-state index contributed by atoms with van der Waals surface area (Å²) in [5.41, 5.74) is 1.50. The van der Waals surface area contributed by atoms with E-state index in [1.807, 2.05) is 19.9 Å². The van der Waals surface area contributed by atoms with Gasteiger partial charge in [-0.15, -0.1) is 0 Å². The minimum absolute atomic E-state index is 0.0787. The Morgan fingerprint density at radius 2 is 2.04 bits per heavy atom. The van der Waals surface area contributed by atoms with Gasteiger partial charge in [-0.05, 0) is 56.7 Å². The van der Waals surface area contributed by atoms with E-state index in [1.165, 1.54) is 10.6 Å². The summed E-state index contributed by atoms with van der Waals surface area (Å²) < 4.78 is 38.5. The van der Waals surface area contributed by atoms with Crippen LogP contribution in [0.5, 0.6) is 0 Å². The first-order valence-electron chi connectivity index (χ1n) is 9.46. The Kier molecular flexibility index (Phi) is 7.61. The molecule has 0 aromatic heterocycles. The van der Waals surface area contributed by atoms with Crippen molar-refractivity contribution in [3.63, 3.8) is 0 Å². The monoisotopic (exact) mass is 398 g/mol. The summed E-state index contributed by atoms with van der Waals surface area (Å²) in [6.45, 7) is 8.21. The van der Waals surface area contributed by atoms with E-state index in [9.17, 15) is 12.8 Å². The Labute approximate surface area is 162 Å². The maximum Gasteiger partial charge on any atom is 0.211 e. The third-order valence-corrected chi connectivity index (χ3v) is 6.25. The molecule has 1 heterocycles. The summed E-state index contributed by atoms with van der Waals surface area (Å²) in [6, 6.07) is 5.17. The molecular formula is C19H31FN4O2S. The average Bonchev–Trinajstić information content (AvgIpc) is 2.61. The normalized spacial score (nSPS) is 18.3. The van der Waals surface area contributed by atoms with Crippen molar-refractivity contribution in [3.8, 4) is 0 Å². The maximum absolute atomic E-state index is 13.8. The van der Waals surface area contributed by atoms with Crippen molar-refractivity contribution < 1.29 is 12.8 Å². The molecule has 1 aliphatic rings. The van der Waals surface area contributed by atoms with Gasteiger partial charge >= 0.3 is 0 Å². The Morgan fingerprint density at radius 3 is 2.59 bits per heavy atom. The van der Waals surface area contributed by atoms with E-state index >= 15 is 0 Å². The molecule has 1 fully saturated rings. The summed E-state index contributed by atoms with van der Waals surface area (Å²) in [6.07, 6.45) is 2.89. The van der Waals surface area contributed by atoms with Crippen LogP contribution in [-0.4, -0.2) is 51.1 Å². The van der Waals surface area contributed by atoms with Crippen LogP contribution in [0, 0.1) is 18.7 Å². The molecule has 1 unspecified atom stereocenters. The third kappa shape index (κ3) is 6.46. The van der Waals surface area contributed by atoms with Crippen molar-refractivity contribution in [2.24, 2.45) is 10.9 Å². The van der Waals surface area contributed by atoms with Crippen molar-refractivity contribution in [2.45, 2.75) is 39.7 Å². The topological polar surface area (TPSA) is 73.8 Å². The van der Waals surface area contributed by atoms with E-state index in [0.717, 1.165) is 24.9 Å². The van der Waals surface area contributed by atoms with Gasteiger partial charge in [0.1, 0.15) is 5.82 Å². The van der Waals surface area contributed by atoms with E-state index in [4.69, 9.17) is 0 Å². The molecule has 0 bridgehead atoms. The van der Waals surface area contributed by atoms with E-state index in [1.54, 1.807) is 19.1 Å². The van der Waals surface area contributed by atoms with Gasteiger partial charge in [0.05, 0.1) is 12.3 Å². The average molecular weight is 399 g/mol. The largest absolute Gasteiger partial charge is 0.357 e. The van der Waals surface area contributed by atoms with Crippen molar-refractivity contribution in [2.75, 3.05) is 32.4 Å². The maximum atomic E-state index is 13.8. The van der Waals surface area contributed by atoms with Crippen molar-refractivity contribution in [1.29, 1.82) is 0 Å². The summed E-state index contributed by atoms with van der Waals surface area (Å²) in [7, 11) is -3.10. The summed E-state index contributed by atoms with van der Waals surface area (Å²) in [5.74, 6) is 0.850. The molecular weight excluding hydrogens is 367 g/mol. The van der Waals surface area contributed by atoms with Crippen LogP contribution in [0.15, 0.2) is 23.2 Å². The number of aryl methyl sites for hydroxylation is 1. The highest BCUT2D eigenvalue weighted by atomic mass is 32.2. The second-order valence-electron chi connectivity index (χ2n) is 7.20. The molecule has 1 atom stereocenters. The molecule has 0 saturated carbocycles. The fourth-order valence-corrected chi connectivity index (χ4v) is 4.00. The molecule has 6 nitrogen and oxygen atoms in total. The summed E-state index contributed by atoms with van der Waals surface area (Å²) in [4.78, 5) is 4.66. The molecule has 0 aliphatic carbocycles. The Bertz CT molecular complexity index is 759. The first kappa shape index (κ1) is 21.6. The molecule has 8 heteroatoms. The molecule has 1 aromatic rings. The lowest BCUT2D eigenvalue weighted by Gasteiger charge is -2.29. The van der Waals surface area contributed by atoms with E-state index in [0.29, 0.717) is 37.1 Å². The van der Waals surface area contributed by atoms with Crippen LogP contribution in [0.3, 0.4) is 0 Å². The van der Waals surface area contributed by atoms with Crippen molar-refractivity contribution >= 4 is 16.0 Å². The van der Waals surface area contributed by atoms with Crippen LogP contribution in [0.1, 0.15) is 43.9 Å². The minimum Gasteiger partial charge on any atom is -0.357 e. The Hall–Kier alpha value is -1.67. The van der Waals surface area contributed by atoms with Crippen LogP contribution < -0.4 is 10.6 Å². The molecule has 0 amide bonds. The molecule has 1 aromatic carbocycles. The lowest BCUT2D eigenvalue weighted by Crippen LogP contribution is -2.40. The van der Waals surface area contributed by atoms with Crippen LogP contribution in [0.4, 0.5) is 4.39 Å². The van der Waals surface area contributed by atoms with Gasteiger partial charge in [-0.3, -0.25) is 4.99 Å². The molecule has 0 radical (unpaired) electrons. The van der Waals surface area contributed by atoms with Crippen molar-refractivity contribution in [3.05, 3.63) is 35.1 Å². The predicted octanol–water partition coefficient (Wildman–Crippen LogP) is 2.42. The fourth-order valence-electron chi connectivity index (χ4n) is 3.13. The zero-order valence-corrected chi connectivity index (χ0v) is 17.4. The Morgan fingerprint density at radius 1 is 1.37 bits per heavy atom. The van der Waals surface area contributed by atoms with Gasteiger partial charge in [0.2, 0.25) is 10.0 Å². The number of sulfonamides is 1. The third-order valence-electron chi connectivity index (χ3n) is 4.94. The molecule has 27 heavy (non-hydrogen) atoms. The number of benzene rings is 1. The molecule has 2 N–H and O–H groups in total. The second kappa shape index (κ2) is 9.50. The quantitative estimate of drug-likeness (QED) is 0.570. The molecule has 1 aliphatic heterocycles. The van der Waals surface area contributed by atoms with Gasteiger partial charge in [-0.1, -0.05) is 12.1 Å². The molecule has 0 spiro atoms. The van der Waals surface area contributed by atoms with E-state index < -0.39 is 10.0 Å². The van der Waals surface area contributed by atoms with Gasteiger partial charge in [0.25, 0.3) is 0 Å². The number of hydrogen-bond donors (Lipinski definition) is 2. The van der Waals surface area contributed by atoms with Gasteiger partial charge < -0.3 is 10.6 Å².